The highest BCUT2D eigenvalue weighted by molar-refractivity contribution is 9.10. The van der Waals surface area contributed by atoms with Crippen LogP contribution < -0.4 is 11.1 Å². The summed E-state index contributed by atoms with van der Waals surface area (Å²) in [7, 11) is 0. The number of primary amides is 1. The molecule has 21 heavy (non-hydrogen) atoms. The van der Waals surface area contributed by atoms with Gasteiger partial charge in [-0.15, -0.1) is 11.8 Å². The van der Waals surface area contributed by atoms with Crippen molar-refractivity contribution < 1.29 is 4.79 Å². The van der Waals surface area contributed by atoms with Crippen molar-refractivity contribution in [3.63, 3.8) is 0 Å². The average Bonchev–Trinajstić information content (AvgIpc) is 2.49. The van der Waals surface area contributed by atoms with Gasteiger partial charge >= 0.3 is 0 Å². The van der Waals surface area contributed by atoms with Gasteiger partial charge in [-0.25, -0.2) is 0 Å². The van der Waals surface area contributed by atoms with Crippen LogP contribution in [0.25, 0.3) is 0 Å². The predicted octanol–water partition coefficient (Wildman–Crippen LogP) is 3.74. The van der Waals surface area contributed by atoms with Crippen molar-refractivity contribution in [1.29, 1.82) is 0 Å². The van der Waals surface area contributed by atoms with Crippen molar-refractivity contribution in [1.82, 2.24) is 0 Å². The topological polar surface area (TPSA) is 55.1 Å². The molecule has 0 saturated carbocycles. The van der Waals surface area contributed by atoms with E-state index in [0.29, 0.717) is 6.42 Å². The van der Waals surface area contributed by atoms with E-state index < -0.39 is 5.54 Å². The zero-order chi connectivity index (χ0) is 14.9. The zero-order valence-corrected chi connectivity index (χ0v) is 13.7. The van der Waals surface area contributed by atoms with E-state index in [1.165, 1.54) is 0 Å². The number of anilines is 1. The molecule has 0 bridgehead atoms. The maximum atomic E-state index is 12.3. The van der Waals surface area contributed by atoms with Gasteiger partial charge in [-0.2, -0.15) is 0 Å². The highest BCUT2D eigenvalue weighted by Gasteiger charge is 2.42. The Morgan fingerprint density at radius 3 is 2.67 bits per heavy atom. The van der Waals surface area contributed by atoms with Crippen molar-refractivity contribution in [2.75, 3.05) is 11.1 Å². The average molecular weight is 363 g/mol. The summed E-state index contributed by atoms with van der Waals surface area (Å²) in [5.74, 6) is 0.517. The molecular formula is C16H15BrN2OS. The molecule has 1 heterocycles. The molecule has 1 aliphatic heterocycles. The van der Waals surface area contributed by atoms with E-state index in [2.05, 4.69) is 21.2 Å². The van der Waals surface area contributed by atoms with Gasteiger partial charge in [-0.05, 0) is 40.5 Å². The number of hydrogen-bond donors (Lipinski definition) is 2. The van der Waals surface area contributed by atoms with Crippen LogP contribution in [0.5, 0.6) is 0 Å². The molecule has 2 aromatic carbocycles. The highest BCUT2D eigenvalue weighted by atomic mass is 79.9. The number of benzene rings is 2. The van der Waals surface area contributed by atoms with Crippen LogP contribution in [0.1, 0.15) is 12.0 Å². The van der Waals surface area contributed by atoms with E-state index in [0.717, 1.165) is 26.4 Å². The summed E-state index contributed by atoms with van der Waals surface area (Å²) in [6.45, 7) is 0. The number of para-hydroxylation sites is 1. The maximum absolute atomic E-state index is 12.3. The number of halogens is 1. The molecule has 0 fully saturated rings. The van der Waals surface area contributed by atoms with E-state index in [9.17, 15) is 4.79 Å². The Hall–Kier alpha value is -1.46. The number of rotatable bonds is 3. The lowest BCUT2D eigenvalue weighted by molar-refractivity contribution is -0.122. The van der Waals surface area contributed by atoms with E-state index in [-0.39, 0.29) is 5.91 Å². The van der Waals surface area contributed by atoms with Crippen LogP contribution in [0.3, 0.4) is 0 Å². The molecule has 0 spiro atoms. The molecule has 3 rings (SSSR count). The summed E-state index contributed by atoms with van der Waals surface area (Å²) in [4.78, 5) is 13.4. The van der Waals surface area contributed by atoms with Crippen LogP contribution in [-0.2, 0) is 10.3 Å². The van der Waals surface area contributed by atoms with Gasteiger partial charge in [0.15, 0.2) is 0 Å². The quantitative estimate of drug-likeness (QED) is 0.874. The normalized spacial score (nSPS) is 20.6. The third-order valence-electron chi connectivity index (χ3n) is 3.72. The molecule has 1 unspecified atom stereocenters. The first-order valence-corrected chi connectivity index (χ1v) is 8.46. The fourth-order valence-electron chi connectivity index (χ4n) is 2.63. The van der Waals surface area contributed by atoms with Crippen molar-refractivity contribution in [2.24, 2.45) is 5.73 Å². The van der Waals surface area contributed by atoms with Gasteiger partial charge in [0.1, 0.15) is 5.54 Å². The summed E-state index contributed by atoms with van der Waals surface area (Å²) in [5.41, 5.74) is 6.77. The standard InChI is InChI=1S/C16H15BrN2OS/c17-12-6-2-3-7-13(12)19-16(15(18)20)9-10-21-14-8-4-1-5-11(14)16/h1-8,19H,9-10H2,(H2,18,20). The second-order valence-corrected chi connectivity index (χ2v) is 6.96. The van der Waals surface area contributed by atoms with Gasteiger partial charge < -0.3 is 11.1 Å². The fraction of sp³-hybridized carbons (Fsp3) is 0.188. The van der Waals surface area contributed by atoms with E-state index >= 15 is 0 Å². The number of amides is 1. The molecule has 0 radical (unpaired) electrons. The third kappa shape index (κ3) is 2.56. The molecular weight excluding hydrogens is 348 g/mol. The highest BCUT2D eigenvalue weighted by Crippen LogP contribution is 2.43. The first-order valence-electron chi connectivity index (χ1n) is 6.68. The van der Waals surface area contributed by atoms with Crippen molar-refractivity contribution in [3.05, 3.63) is 58.6 Å². The minimum atomic E-state index is -0.855. The number of fused-ring (bicyclic) bond motifs is 1. The minimum Gasteiger partial charge on any atom is -0.367 e. The van der Waals surface area contributed by atoms with E-state index in [4.69, 9.17) is 5.73 Å². The number of hydrogen-bond acceptors (Lipinski definition) is 3. The lowest BCUT2D eigenvalue weighted by Crippen LogP contribution is -2.49. The molecule has 1 atom stereocenters. The Labute approximate surface area is 136 Å². The fourth-order valence-corrected chi connectivity index (χ4v) is 4.22. The van der Waals surface area contributed by atoms with Crippen LogP contribution in [0.2, 0.25) is 0 Å². The monoisotopic (exact) mass is 362 g/mol. The second kappa shape index (κ2) is 5.73. The molecule has 2 aromatic rings. The van der Waals surface area contributed by atoms with Crippen molar-refractivity contribution >= 4 is 39.3 Å². The van der Waals surface area contributed by atoms with Gasteiger partial charge in [0.05, 0.1) is 0 Å². The lowest BCUT2D eigenvalue weighted by atomic mass is 9.85. The number of thioether (sulfide) groups is 1. The van der Waals surface area contributed by atoms with Gasteiger partial charge in [0, 0.05) is 26.4 Å². The molecule has 108 valence electrons. The summed E-state index contributed by atoms with van der Waals surface area (Å²) in [6, 6.07) is 15.7. The van der Waals surface area contributed by atoms with Gasteiger partial charge in [0.25, 0.3) is 0 Å². The SMILES string of the molecule is NC(=O)C1(Nc2ccccc2Br)CCSc2ccccc21. The predicted molar refractivity (Wildman–Crippen MR) is 90.4 cm³/mol. The largest absolute Gasteiger partial charge is 0.367 e. The molecule has 0 aliphatic carbocycles. The molecule has 5 heteroatoms. The first kappa shape index (κ1) is 14.5. The van der Waals surface area contributed by atoms with Crippen LogP contribution in [0, 0.1) is 0 Å². The molecule has 0 aromatic heterocycles. The summed E-state index contributed by atoms with van der Waals surface area (Å²) >= 11 is 5.28. The summed E-state index contributed by atoms with van der Waals surface area (Å²) in [5, 5.41) is 3.38. The zero-order valence-electron chi connectivity index (χ0n) is 11.3. The second-order valence-electron chi connectivity index (χ2n) is 4.97. The maximum Gasteiger partial charge on any atom is 0.247 e. The van der Waals surface area contributed by atoms with Gasteiger partial charge in [-0.3, -0.25) is 4.79 Å². The molecule has 0 saturated heterocycles. The molecule has 1 aliphatic rings. The van der Waals surface area contributed by atoms with Crippen LogP contribution in [0.4, 0.5) is 5.69 Å². The Kier molecular flexibility index (Phi) is 3.95. The van der Waals surface area contributed by atoms with Crippen molar-refractivity contribution in [2.45, 2.75) is 16.9 Å². The van der Waals surface area contributed by atoms with Gasteiger partial charge in [0.2, 0.25) is 5.91 Å². The Morgan fingerprint density at radius 2 is 1.90 bits per heavy atom. The van der Waals surface area contributed by atoms with E-state index in [1.807, 2.05) is 48.5 Å². The molecule has 1 amide bonds. The molecule has 3 N–H and O–H groups in total. The number of carbonyl (C=O) groups is 1. The van der Waals surface area contributed by atoms with E-state index in [1.54, 1.807) is 11.8 Å². The summed E-state index contributed by atoms with van der Waals surface area (Å²) < 4.78 is 0.918. The number of nitrogens with two attached hydrogens (primary N) is 1. The van der Waals surface area contributed by atoms with Crippen LogP contribution >= 0.6 is 27.7 Å². The summed E-state index contributed by atoms with van der Waals surface area (Å²) in [6.07, 6.45) is 0.672. The lowest BCUT2D eigenvalue weighted by Gasteiger charge is -2.37. The third-order valence-corrected chi connectivity index (χ3v) is 5.49. The first-order chi connectivity index (χ1) is 10.1. The van der Waals surface area contributed by atoms with Crippen molar-refractivity contribution in [3.8, 4) is 0 Å². The smallest absolute Gasteiger partial charge is 0.247 e. The number of nitrogens with one attached hydrogen (secondary N) is 1. The van der Waals surface area contributed by atoms with Gasteiger partial charge in [-0.1, -0.05) is 30.3 Å². The number of carbonyl (C=O) groups excluding carboxylic acids is 1. The van der Waals surface area contributed by atoms with Crippen LogP contribution in [-0.4, -0.2) is 11.7 Å². The van der Waals surface area contributed by atoms with Crippen LogP contribution in [0.15, 0.2) is 57.9 Å². The Morgan fingerprint density at radius 1 is 1.19 bits per heavy atom. The molecule has 3 nitrogen and oxygen atoms in total. The minimum absolute atomic E-state index is 0.342. The Balaban J connectivity index is 2.11. The Bertz CT molecular complexity index is 691.